The fraction of sp³-hybridized carbons (Fsp3) is 0.0294. The molecule has 0 saturated carbocycles. The molecule has 3 nitrogen and oxygen atoms in total. The van der Waals surface area contributed by atoms with Gasteiger partial charge in [-0.2, -0.15) is 0 Å². The van der Waals surface area contributed by atoms with Crippen LogP contribution in [0, 0.1) is 0 Å². The van der Waals surface area contributed by atoms with Crippen molar-refractivity contribution in [2.75, 3.05) is 0 Å². The van der Waals surface area contributed by atoms with Crippen molar-refractivity contribution in [3.8, 4) is 5.69 Å². The van der Waals surface area contributed by atoms with Crippen LogP contribution in [0.4, 0.5) is 0 Å². The molecule has 4 heteroatoms. The van der Waals surface area contributed by atoms with E-state index >= 15 is 0 Å². The highest BCUT2D eigenvalue weighted by molar-refractivity contribution is 7.19. The van der Waals surface area contributed by atoms with Crippen molar-refractivity contribution in [3.05, 3.63) is 146 Å². The molecule has 0 unspecified atom stereocenters. The third kappa shape index (κ3) is 3.31. The summed E-state index contributed by atoms with van der Waals surface area (Å²) in [4.78, 5) is 5.03. The molecule has 0 fully saturated rings. The Labute approximate surface area is 223 Å². The third-order valence-electron chi connectivity index (χ3n) is 7.69. The van der Waals surface area contributed by atoms with Gasteiger partial charge in [-0.25, -0.2) is 4.98 Å². The Morgan fingerprint density at radius 1 is 0.553 bits per heavy atom. The van der Waals surface area contributed by atoms with Crippen LogP contribution in [-0.2, 0) is 7.05 Å². The Morgan fingerprint density at radius 3 is 1.76 bits per heavy atom. The first-order valence-electron chi connectivity index (χ1n) is 13.0. The normalized spacial score (nSPS) is 11.8. The number of aryl methyl sites for hydroxylation is 1. The average Bonchev–Trinajstić information content (AvgIpc) is 3.56. The standard InChI is InChI=1S/C34H27N3Si/c1-36-24-23-35-34(36)38(27-15-7-3-8-16-27,28-17-9-4-10-18-28)29-21-22-33-31(25-29)30-19-11-12-20-32(30)37(33)26-13-5-2-6-14-26/h2-25H,1H3. The Bertz CT molecular complexity index is 1830. The van der Waals surface area contributed by atoms with Crippen molar-refractivity contribution in [1.82, 2.24) is 14.1 Å². The summed E-state index contributed by atoms with van der Waals surface area (Å²) in [5, 5.41) is 6.50. The van der Waals surface area contributed by atoms with Gasteiger partial charge >= 0.3 is 0 Å². The zero-order valence-corrected chi connectivity index (χ0v) is 22.2. The number of nitrogens with zero attached hydrogens (tertiary/aromatic N) is 3. The molecule has 0 radical (unpaired) electrons. The maximum absolute atomic E-state index is 5.03. The van der Waals surface area contributed by atoms with Crippen LogP contribution < -0.4 is 21.0 Å². The maximum Gasteiger partial charge on any atom is 0.223 e. The van der Waals surface area contributed by atoms with Gasteiger partial charge < -0.3 is 9.13 Å². The summed E-state index contributed by atoms with van der Waals surface area (Å²) in [6, 6.07) is 48.4. The van der Waals surface area contributed by atoms with E-state index in [2.05, 4.69) is 156 Å². The van der Waals surface area contributed by atoms with Gasteiger partial charge in [-0.05, 0) is 39.8 Å². The lowest BCUT2D eigenvalue weighted by molar-refractivity contribution is 0.946. The van der Waals surface area contributed by atoms with Gasteiger partial charge in [0.2, 0.25) is 8.07 Å². The van der Waals surface area contributed by atoms with Crippen LogP contribution in [0.25, 0.3) is 27.5 Å². The van der Waals surface area contributed by atoms with Gasteiger partial charge in [-0.1, -0.05) is 109 Å². The molecule has 2 aromatic heterocycles. The summed E-state index contributed by atoms with van der Waals surface area (Å²) < 4.78 is 4.59. The number of rotatable bonds is 5. The van der Waals surface area contributed by atoms with Crippen LogP contribution in [0.3, 0.4) is 0 Å². The minimum absolute atomic E-state index is 1.13. The molecule has 0 bridgehead atoms. The number of para-hydroxylation sites is 2. The van der Waals surface area contributed by atoms with E-state index in [1.807, 2.05) is 6.20 Å². The molecule has 0 aliphatic carbocycles. The highest BCUT2D eigenvalue weighted by Gasteiger charge is 2.45. The smallest absolute Gasteiger partial charge is 0.223 e. The molecule has 0 saturated heterocycles. The van der Waals surface area contributed by atoms with Gasteiger partial charge in [0.1, 0.15) is 5.45 Å². The lowest BCUT2D eigenvalue weighted by Gasteiger charge is -2.33. The molecule has 0 atom stereocenters. The number of hydrogen-bond donors (Lipinski definition) is 0. The van der Waals surface area contributed by atoms with Gasteiger partial charge in [-0.3, -0.25) is 0 Å². The minimum atomic E-state index is -2.72. The second-order valence-corrected chi connectivity index (χ2v) is 13.4. The lowest BCUT2D eigenvalue weighted by atomic mass is 10.1. The van der Waals surface area contributed by atoms with Crippen molar-refractivity contribution >= 4 is 50.9 Å². The molecular weight excluding hydrogens is 478 g/mol. The molecule has 7 rings (SSSR count). The first kappa shape index (κ1) is 22.5. The van der Waals surface area contributed by atoms with Crippen molar-refractivity contribution in [2.24, 2.45) is 7.05 Å². The van der Waals surface area contributed by atoms with E-state index in [4.69, 9.17) is 4.98 Å². The molecule has 182 valence electrons. The molecule has 0 amide bonds. The predicted molar refractivity (Wildman–Crippen MR) is 161 cm³/mol. The summed E-state index contributed by atoms with van der Waals surface area (Å²) in [5.41, 5.74) is 4.73. The van der Waals surface area contributed by atoms with Crippen LogP contribution in [0.1, 0.15) is 0 Å². The lowest BCUT2D eigenvalue weighted by Crippen LogP contribution is -2.76. The van der Waals surface area contributed by atoms with Gasteiger partial charge in [0.25, 0.3) is 0 Å². The van der Waals surface area contributed by atoms with Crippen LogP contribution in [0.2, 0.25) is 0 Å². The number of fused-ring (bicyclic) bond motifs is 3. The molecule has 0 spiro atoms. The van der Waals surface area contributed by atoms with Crippen molar-refractivity contribution in [3.63, 3.8) is 0 Å². The molecule has 2 heterocycles. The SMILES string of the molecule is Cn1ccnc1[Si](c1ccccc1)(c1ccccc1)c1ccc2c(c1)c1ccccc1n2-c1ccccc1. The zero-order chi connectivity index (χ0) is 25.5. The van der Waals surface area contributed by atoms with E-state index in [0.29, 0.717) is 0 Å². The van der Waals surface area contributed by atoms with Crippen LogP contribution >= 0.6 is 0 Å². The van der Waals surface area contributed by atoms with Crippen molar-refractivity contribution in [2.45, 2.75) is 0 Å². The van der Waals surface area contributed by atoms with Gasteiger partial charge in [0.05, 0.1) is 11.0 Å². The number of imidazole rings is 1. The van der Waals surface area contributed by atoms with Crippen LogP contribution in [0.15, 0.2) is 146 Å². The van der Waals surface area contributed by atoms with Crippen LogP contribution in [0.5, 0.6) is 0 Å². The first-order valence-corrected chi connectivity index (χ1v) is 15.0. The summed E-state index contributed by atoms with van der Waals surface area (Å²) in [7, 11) is -0.604. The maximum atomic E-state index is 5.03. The highest BCUT2D eigenvalue weighted by Crippen LogP contribution is 2.31. The average molecular weight is 506 g/mol. The quantitative estimate of drug-likeness (QED) is 0.241. The number of aromatic nitrogens is 3. The number of hydrogen-bond acceptors (Lipinski definition) is 1. The van der Waals surface area contributed by atoms with Crippen molar-refractivity contribution < 1.29 is 0 Å². The monoisotopic (exact) mass is 505 g/mol. The van der Waals surface area contributed by atoms with Gasteiger partial charge in [-0.15, -0.1) is 0 Å². The Kier molecular flexibility index (Phi) is 5.34. The minimum Gasteiger partial charge on any atom is -0.341 e. The fourth-order valence-corrected chi connectivity index (χ4v) is 10.8. The molecule has 0 aliphatic heterocycles. The summed E-state index contributed by atoms with van der Waals surface area (Å²) >= 11 is 0. The zero-order valence-electron chi connectivity index (χ0n) is 21.2. The van der Waals surface area contributed by atoms with E-state index in [1.165, 1.54) is 43.1 Å². The third-order valence-corrected chi connectivity index (χ3v) is 12.4. The predicted octanol–water partition coefficient (Wildman–Crippen LogP) is 4.89. The molecule has 0 aliphatic rings. The van der Waals surface area contributed by atoms with E-state index < -0.39 is 8.07 Å². The van der Waals surface area contributed by atoms with Gasteiger partial charge in [0, 0.05) is 35.9 Å². The molecule has 38 heavy (non-hydrogen) atoms. The largest absolute Gasteiger partial charge is 0.341 e. The van der Waals surface area contributed by atoms with E-state index in [9.17, 15) is 0 Å². The second kappa shape index (κ2) is 9.01. The first-order chi connectivity index (χ1) is 18.8. The summed E-state index contributed by atoms with van der Waals surface area (Å²) in [5.74, 6) is 0. The Balaban J connectivity index is 1.62. The summed E-state index contributed by atoms with van der Waals surface area (Å²) in [6.45, 7) is 0. The fourth-order valence-electron chi connectivity index (χ4n) is 6.05. The van der Waals surface area contributed by atoms with Crippen LogP contribution in [-0.4, -0.2) is 22.2 Å². The van der Waals surface area contributed by atoms with Gasteiger partial charge in [0.15, 0.2) is 0 Å². The summed E-state index contributed by atoms with van der Waals surface area (Å²) in [6.07, 6.45) is 4.01. The molecular formula is C34H27N3Si. The second-order valence-electron chi connectivity index (χ2n) is 9.76. The van der Waals surface area contributed by atoms with E-state index in [-0.39, 0.29) is 0 Å². The van der Waals surface area contributed by atoms with Crippen molar-refractivity contribution in [1.29, 1.82) is 0 Å². The topological polar surface area (TPSA) is 22.8 Å². The van der Waals surface area contributed by atoms with E-state index in [0.717, 1.165) is 5.45 Å². The molecule has 0 N–H and O–H groups in total. The van der Waals surface area contributed by atoms with E-state index in [1.54, 1.807) is 0 Å². The molecule has 5 aromatic carbocycles. The highest BCUT2D eigenvalue weighted by atomic mass is 28.3. The Hall–Kier alpha value is -4.67. The number of benzene rings is 5. The molecule has 7 aromatic rings. The Morgan fingerprint density at radius 2 is 1.13 bits per heavy atom.